The molecule has 3 N–H and O–H groups in total. The van der Waals surface area contributed by atoms with Crippen LogP contribution in [0.4, 0.5) is 5.82 Å². The lowest BCUT2D eigenvalue weighted by atomic mass is 9.78. The Hall–Kier alpha value is -3.23. The van der Waals surface area contributed by atoms with Crippen LogP contribution in [0.15, 0.2) is 51.7 Å². The molecular formula is C25H27N3O5. The molecule has 1 fully saturated rings. The van der Waals surface area contributed by atoms with Gasteiger partial charge in [0, 0.05) is 24.0 Å². The number of amides is 1. The van der Waals surface area contributed by atoms with Crippen LogP contribution in [0.1, 0.15) is 43.4 Å². The minimum atomic E-state index is -0.721. The van der Waals surface area contributed by atoms with Gasteiger partial charge in [-0.05, 0) is 62.3 Å². The summed E-state index contributed by atoms with van der Waals surface area (Å²) in [5.41, 5.74) is 1.32. The lowest BCUT2D eigenvalue weighted by Gasteiger charge is -2.36. The lowest BCUT2D eigenvalue weighted by Crippen LogP contribution is -2.41. The van der Waals surface area contributed by atoms with E-state index >= 15 is 0 Å². The van der Waals surface area contributed by atoms with Gasteiger partial charge in [-0.15, -0.1) is 0 Å². The number of benzene rings is 1. The van der Waals surface area contributed by atoms with Crippen LogP contribution in [-0.4, -0.2) is 34.2 Å². The van der Waals surface area contributed by atoms with E-state index in [9.17, 15) is 14.7 Å². The first kappa shape index (κ1) is 21.6. The van der Waals surface area contributed by atoms with Crippen molar-refractivity contribution in [3.05, 3.63) is 64.1 Å². The standard InChI is InChI=1S/C25H27N3O5/c29-21-15-32-20-6-5-19(27-24(20)28-21)14-26-18-9-12-25(31,13-10-18)11-8-17-3-1-2-16-4-7-22(30)33-23(16)17/h1-7,18,26,31H,8-15H2,(H,27,28,29). The SMILES string of the molecule is O=C1COc2ccc(CNC3CCC(O)(CCc4cccc5ccc(=O)oc45)CC3)nc2N1. The fourth-order valence-electron chi connectivity index (χ4n) is 4.68. The summed E-state index contributed by atoms with van der Waals surface area (Å²) in [6.45, 7) is 0.605. The molecule has 1 aliphatic heterocycles. The summed E-state index contributed by atoms with van der Waals surface area (Å²) in [6, 6.07) is 13.1. The summed E-state index contributed by atoms with van der Waals surface area (Å²) in [6.07, 6.45) is 4.44. The highest BCUT2D eigenvalue weighted by atomic mass is 16.5. The van der Waals surface area contributed by atoms with Crippen molar-refractivity contribution in [3.63, 3.8) is 0 Å². The Kier molecular flexibility index (Phi) is 5.86. The van der Waals surface area contributed by atoms with Crippen molar-refractivity contribution in [2.45, 2.75) is 56.7 Å². The second-order valence-electron chi connectivity index (χ2n) is 8.96. The van der Waals surface area contributed by atoms with Crippen LogP contribution < -0.4 is 21.0 Å². The molecule has 1 saturated carbocycles. The van der Waals surface area contributed by atoms with Crippen molar-refractivity contribution < 1.29 is 19.1 Å². The molecule has 5 rings (SSSR count). The maximum Gasteiger partial charge on any atom is 0.336 e. The van der Waals surface area contributed by atoms with E-state index in [0.29, 0.717) is 55.4 Å². The molecule has 2 aliphatic rings. The van der Waals surface area contributed by atoms with Gasteiger partial charge in [-0.3, -0.25) is 4.79 Å². The van der Waals surface area contributed by atoms with Crippen LogP contribution in [0.3, 0.4) is 0 Å². The monoisotopic (exact) mass is 449 g/mol. The van der Waals surface area contributed by atoms with Crippen LogP contribution >= 0.6 is 0 Å². The number of pyridine rings is 1. The number of hydrogen-bond acceptors (Lipinski definition) is 7. The van der Waals surface area contributed by atoms with E-state index in [1.807, 2.05) is 30.3 Å². The molecule has 0 spiro atoms. The second kappa shape index (κ2) is 8.96. The van der Waals surface area contributed by atoms with Crippen LogP contribution in [0.5, 0.6) is 5.75 Å². The first-order valence-electron chi connectivity index (χ1n) is 11.4. The highest BCUT2D eigenvalue weighted by molar-refractivity contribution is 5.94. The third kappa shape index (κ3) is 4.91. The fraction of sp³-hybridized carbons (Fsp3) is 0.400. The number of aliphatic hydroxyl groups is 1. The molecule has 0 unspecified atom stereocenters. The molecule has 0 atom stereocenters. The van der Waals surface area contributed by atoms with Gasteiger partial charge in [0.2, 0.25) is 0 Å². The van der Waals surface area contributed by atoms with Crippen molar-refractivity contribution in [2.75, 3.05) is 11.9 Å². The summed E-state index contributed by atoms with van der Waals surface area (Å²) < 4.78 is 10.8. The van der Waals surface area contributed by atoms with Crippen LogP contribution in [0.2, 0.25) is 0 Å². The first-order valence-corrected chi connectivity index (χ1v) is 11.4. The molecule has 33 heavy (non-hydrogen) atoms. The zero-order valence-corrected chi connectivity index (χ0v) is 18.3. The van der Waals surface area contributed by atoms with E-state index in [1.54, 1.807) is 6.07 Å². The number of fused-ring (bicyclic) bond motifs is 2. The quantitative estimate of drug-likeness (QED) is 0.496. The van der Waals surface area contributed by atoms with Crippen LogP contribution in [0, 0.1) is 0 Å². The maximum absolute atomic E-state index is 11.6. The zero-order chi connectivity index (χ0) is 22.8. The number of anilines is 1. The molecular weight excluding hydrogens is 422 g/mol. The number of nitrogens with zero attached hydrogens (tertiary/aromatic N) is 1. The Morgan fingerprint density at radius 3 is 2.82 bits per heavy atom. The molecule has 1 aliphatic carbocycles. The fourth-order valence-corrected chi connectivity index (χ4v) is 4.68. The van der Waals surface area contributed by atoms with Gasteiger partial charge in [0.25, 0.3) is 5.91 Å². The number of ether oxygens (including phenoxy) is 1. The van der Waals surface area contributed by atoms with Gasteiger partial charge in [-0.25, -0.2) is 9.78 Å². The summed E-state index contributed by atoms with van der Waals surface area (Å²) >= 11 is 0. The Morgan fingerprint density at radius 1 is 1.12 bits per heavy atom. The highest BCUT2D eigenvalue weighted by Crippen LogP contribution is 2.33. The number of hydrogen-bond donors (Lipinski definition) is 3. The van der Waals surface area contributed by atoms with E-state index in [1.165, 1.54) is 6.07 Å². The topological polar surface area (TPSA) is 114 Å². The van der Waals surface area contributed by atoms with Crippen molar-refractivity contribution in [3.8, 4) is 5.75 Å². The van der Waals surface area contributed by atoms with Crippen LogP contribution in [-0.2, 0) is 17.8 Å². The van der Waals surface area contributed by atoms with E-state index < -0.39 is 5.60 Å². The predicted octanol–water partition coefficient (Wildman–Crippen LogP) is 2.92. The van der Waals surface area contributed by atoms with E-state index in [4.69, 9.17) is 9.15 Å². The lowest BCUT2D eigenvalue weighted by molar-refractivity contribution is -0.118. The number of carbonyl (C=O) groups is 1. The number of carbonyl (C=O) groups excluding carboxylic acids is 1. The van der Waals surface area contributed by atoms with Gasteiger partial charge >= 0.3 is 5.63 Å². The average Bonchev–Trinajstić information content (AvgIpc) is 2.82. The Balaban J connectivity index is 1.14. The molecule has 3 aromatic rings. The molecule has 0 radical (unpaired) electrons. The van der Waals surface area contributed by atoms with Gasteiger partial charge in [-0.1, -0.05) is 18.2 Å². The maximum atomic E-state index is 11.6. The molecule has 172 valence electrons. The third-order valence-electron chi connectivity index (χ3n) is 6.61. The highest BCUT2D eigenvalue weighted by Gasteiger charge is 2.33. The summed E-state index contributed by atoms with van der Waals surface area (Å²) in [4.78, 5) is 27.6. The van der Waals surface area contributed by atoms with Crippen molar-refractivity contribution in [1.82, 2.24) is 10.3 Å². The van der Waals surface area contributed by atoms with Crippen molar-refractivity contribution in [1.29, 1.82) is 0 Å². The van der Waals surface area contributed by atoms with Gasteiger partial charge in [-0.2, -0.15) is 0 Å². The minimum absolute atomic E-state index is 0.0200. The largest absolute Gasteiger partial charge is 0.480 e. The van der Waals surface area contributed by atoms with Crippen LogP contribution in [0.25, 0.3) is 11.0 Å². The van der Waals surface area contributed by atoms with Crippen molar-refractivity contribution in [2.24, 2.45) is 0 Å². The number of rotatable bonds is 6. The van der Waals surface area contributed by atoms with E-state index in [2.05, 4.69) is 15.6 Å². The van der Waals surface area contributed by atoms with Gasteiger partial charge in [0.1, 0.15) is 5.58 Å². The zero-order valence-electron chi connectivity index (χ0n) is 18.3. The molecule has 0 bridgehead atoms. The minimum Gasteiger partial charge on any atom is -0.480 e. The third-order valence-corrected chi connectivity index (χ3v) is 6.61. The molecule has 1 aromatic carbocycles. The predicted molar refractivity (Wildman–Crippen MR) is 123 cm³/mol. The van der Waals surface area contributed by atoms with E-state index in [0.717, 1.165) is 29.5 Å². The second-order valence-corrected chi connectivity index (χ2v) is 8.96. The first-order chi connectivity index (χ1) is 16.0. The number of nitrogens with one attached hydrogen (secondary N) is 2. The molecule has 8 heteroatoms. The van der Waals surface area contributed by atoms with Crippen molar-refractivity contribution >= 4 is 22.7 Å². The normalized spacial score (nSPS) is 22.5. The number of aryl methyl sites for hydroxylation is 1. The van der Waals surface area contributed by atoms with E-state index in [-0.39, 0.29) is 18.1 Å². The van der Waals surface area contributed by atoms with Gasteiger partial charge < -0.3 is 24.9 Å². The molecule has 0 saturated heterocycles. The smallest absolute Gasteiger partial charge is 0.336 e. The Labute approximate surface area is 191 Å². The molecule has 8 nitrogen and oxygen atoms in total. The molecule has 3 heterocycles. The average molecular weight is 450 g/mol. The van der Waals surface area contributed by atoms with Gasteiger partial charge in [0.15, 0.2) is 18.2 Å². The summed E-state index contributed by atoms with van der Waals surface area (Å²) in [5.74, 6) is 0.858. The van der Waals surface area contributed by atoms with Gasteiger partial charge in [0.05, 0.1) is 11.3 Å². The molecule has 1 amide bonds. The Morgan fingerprint density at radius 2 is 1.97 bits per heavy atom. The summed E-state index contributed by atoms with van der Waals surface area (Å²) in [5, 5.41) is 18.3. The molecule has 2 aromatic heterocycles. The summed E-state index contributed by atoms with van der Waals surface area (Å²) in [7, 11) is 0. The number of para-hydroxylation sites is 1. The Bertz CT molecular complexity index is 1230. The number of aromatic nitrogens is 1.